The number of aliphatic carboxylic acids is 4. The van der Waals surface area contributed by atoms with Crippen LogP contribution in [0.5, 0.6) is 0 Å². The fourth-order valence-corrected chi connectivity index (χ4v) is 9.12. The first kappa shape index (κ1) is 104. The van der Waals surface area contributed by atoms with Crippen molar-refractivity contribution in [3.05, 3.63) is 0 Å². The van der Waals surface area contributed by atoms with E-state index in [0.29, 0.717) is 27.7 Å². The maximum Gasteiger partial charge on any atom is 0.408 e. The predicted molar refractivity (Wildman–Crippen MR) is 289 cm³/mol. The summed E-state index contributed by atoms with van der Waals surface area (Å²) < 4.78 is 293. The Morgan fingerprint density at radius 1 is 0.196 bits per heavy atom. The highest BCUT2D eigenvalue weighted by atomic mass is 19.4. The second-order valence-electron chi connectivity index (χ2n) is 20.6. The number of hydrogen-bond donors (Lipinski definition) is 0. The van der Waals surface area contributed by atoms with Crippen LogP contribution in [0.4, 0.5) is 105 Å². The van der Waals surface area contributed by atoms with Crippen LogP contribution in [0.1, 0.15) is 164 Å². The lowest BCUT2D eigenvalue weighted by molar-refractivity contribution is -0.921. The normalized spacial score (nSPS) is 13.3. The van der Waals surface area contributed by atoms with Crippen molar-refractivity contribution >= 4 is 23.9 Å². The van der Waals surface area contributed by atoms with E-state index in [1.165, 1.54) is 123 Å². The zero-order valence-electron chi connectivity index (χ0n) is 56.3. The summed E-state index contributed by atoms with van der Waals surface area (Å²) in [4.78, 5) is 40.0. The first-order valence-electron chi connectivity index (χ1n) is 29.8. The molecular weight excluding hydrogens is 1310 g/mol. The molecule has 0 saturated heterocycles. The molecule has 0 spiro atoms. The van der Waals surface area contributed by atoms with Gasteiger partial charge in [0.1, 0.15) is 0 Å². The Hall–Kier alpha value is -3.96. The van der Waals surface area contributed by atoms with Crippen LogP contribution >= 0.6 is 0 Å². The lowest BCUT2D eigenvalue weighted by Crippen LogP contribution is -2.60. The van der Waals surface area contributed by atoms with Crippen molar-refractivity contribution in [1.29, 1.82) is 0 Å². The van der Waals surface area contributed by atoms with Gasteiger partial charge in [0, 0.05) is 0 Å². The standard InChI is InChI=1S/4C8H20N.4C6H6F6O2/c4*1-5-9(6-2,7-3)8-4;4*1-2-4(3(13)14,5(7,8)9)6(10,11)12/h4*5-8H2,1-4H3;4*2H2,1H3,(H,13,14)/q4*+1;;;;/p-4. The molecule has 560 valence electrons. The van der Waals surface area contributed by atoms with E-state index in [0.717, 1.165) is 0 Å². The predicted octanol–water partition coefficient (Wildman–Crippen LogP) is 12.6. The quantitative estimate of drug-likeness (QED) is 0.0682. The summed E-state index contributed by atoms with van der Waals surface area (Å²) in [6, 6.07) is 0. The molecule has 36 heteroatoms. The van der Waals surface area contributed by atoms with Gasteiger partial charge in [-0.15, -0.1) is 0 Å². The van der Waals surface area contributed by atoms with Crippen LogP contribution in [0, 0.1) is 21.7 Å². The maximum absolute atomic E-state index is 12.0. The van der Waals surface area contributed by atoms with E-state index >= 15 is 0 Å². The molecule has 0 aromatic carbocycles. The van der Waals surface area contributed by atoms with E-state index in [2.05, 4.69) is 111 Å². The third kappa shape index (κ3) is 26.9. The first-order valence-corrected chi connectivity index (χ1v) is 29.8. The van der Waals surface area contributed by atoms with Crippen LogP contribution < -0.4 is 20.4 Å². The molecule has 0 atom stereocenters. The monoisotopic (exact) mass is 1410 g/mol. The maximum atomic E-state index is 12.0. The zero-order valence-corrected chi connectivity index (χ0v) is 56.3. The van der Waals surface area contributed by atoms with Crippen LogP contribution in [-0.4, -0.2) is 196 Å². The summed E-state index contributed by atoms with van der Waals surface area (Å²) in [5.74, 6) is -12.7. The highest BCUT2D eigenvalue weighted by Gasteiger charge is 2.73. The smallest absolute Gasteiger partial charge is 0.408 e. The Bertz CT molecular complexity index is 1600. The molecule has 0 N–H and O–H groups in total. The molecule has 12 nitrogen and oxygen atoms in total. The van der Waals surface area contributed by atoms with Gasteiger partial charge in [-0.05, 0) is 136 Å². The number of rotatable bonds is 24. The number of halogens is 24. The Labute approximate surface area is 526 Å². The van der Waals surface area contributed by atoms with Crippen LogP contribution in [0.2, 0.25) is 0 Å². The molecule has 0 fully saturated rings. The summed E-state index contributed by atoms with van der Waals surface area (Å²) >= 11 is 0. The number of carbonyl (C=O) groups is 4. The number of carboxylic acid groups (broad SMARTS) is 4. The molecule has 0 aliphatic rings. The van der Waals surface area contributed by atoms with Gasteiger partial charge >= 0.3 is 49.4 Å². The van der Waals surface area contributed by atoms with E-state index in [1.807, 2.05) is 0 Å². The Morgan fingerprint density at radius 3 is 0.261 bits per heavy atom. The average Bonchev–Trinajstić information content (AvgIpc) is 0.782. The molecule has 0 amide bonds. The topological polar surface area (TPSA) is 161 Å². The molecular formula is C56H100F24N4O8. The summed E-state index contributed by atoms with van der Waals surface area (Å²) in [5, 5.41) is 40.0. The van der Waals surface area contributed by atoms with Gasteiger partial charge in [0.15, 0.2) is 21.7 Å². The minimum absolute atomic E-state index is 0.483. The molecule has 0 aliphatic heterocycles. The molecule has 0 bridgehead atoms. The molecule has 0 aromatic rings. The van der Waals surface area contributed by atoms with Crippen molar-refractivity contribution in [2.24, 2.45) is 21.7 Å². The number of carbonyl (C=O) groups excluding carboxylic acids is 4. The molecule has 0 aliphatic carbocycles. The largest absolute Gasteiger partial charge is 0.549 e. The highest BCUT2D eigenvalue weighted by molar-refractivity contribution is 5.76. The van der Waals surface area contributed by atoms with Gasteiger partial charge in [0.05, 0.1) is 129 Å². The summed E-state index contributed by atoms with van der Waals surface area (Å²) in [7, 11) is 0. The Morgan fingerprint density at radius 2 is 0.261 bits per heavy atom. The minimum Gasteiger partial charge on any atom is -0.549 e. The second-order valence-corrected chi connectivity index (χ2v) is 20.6. The van der Waals surface area contributed by atoms with Gasteiger partial charge in [-0.3, -0.25) is 0 Å². The van der Waals surface area contributed by atoms with Gasteiger partial charge in [-0.2, -0.15) is 105 Å². The summed E-state index contributed by atoms with van der Waals surface area (Å²) in [5.41, 5.74) is -19.1. The first-order chi connectivity index (χ1) is 41.0. The van der Waals surface area contributed by atoms with E-state index < -0.39 is 121 Å². The lowest BCUT2D eigenvalue weighted by atomic mass is 9.83. The van der Waals surface area contributed by atoms with Crippen molar-refractivity contribution in [2.45, 2.75) is 214 Å². The average molecular weight is 1410 g/mol. The van der Waals surface area contributed by atoms with E-state index in [9.17, 15) is 145 Å². The minimum atomic E-state index is -5.92. The fraction of sp³-hybridized carbons (Fsp3) is 0.929. The lowest BCUT2D eigenvalue weighted by Gasteiger charge is -2.37. The van der Waals surface area contributed by atoms with Crippen molar-refractivity contribution in [2.75, 3.05) is 105 Å². The Kier molecular flexibility index (Phi) is 47.4. The number of carboxylic acids is 4. The number of alkyl halides is 24. The van der Waals surface area contributed by atoms with Crippen molar-refractivity contribution in [1.82, 2.24) is 0 Å². The van der Waals surface area contributed by atoms with Gasteiger partial charge < -0.3 is 57.5 Å². The van der Waals surface area contributed by atoms with E-state index in [1.54, 1.807) is 0 Å². The zero-order chi connectivity index (χ0) is 76.5. The summed E-state index contributed by atoms with van der Waals surface area (Å²) in [6.45, 7) is 58.8. The van der Waals surface area contributed by atoms with Crippen LogP contribution in [-0.2, 0) is 19.2 Å². The third-order valence-corrected chi connectivity index (χ3v) is 18.1. The second kappa shape index (κ2) is 41.9. The van der Waals surface area contributed by atoms with Crippen LogP contribution in [0.3, 0.4) is 0 Å². The summed E-state index contributed by atoms with van der Waals surface area (Å²) in [6.07, 6.45) is -53.9. The van der Waals surface area contributed by atoms with Crippen molar-refractivity contribution in [3.63, 3.8) is 0 Å². The van der Waals surface area contributed by atoms with E-state index in [4.69, 9.17) is 0 Å². The molecule has 92 heavy (non-hydrogen) atoms. The fourth-order valence-electron chi connectivity index (χ4n) is 9.12. The molecule has 0 saturated carbocycles. The van der Waals surface area contributed by atoms with Gasteiger partial charge in [-0.25, -0.2) is 0 Å². The van der Waals surface area contributed by atoms with Crippen molar-refractivity contribution < 1.29 is 163 Å². The molecule has 0 unspecified atom stereocenters. The number of hydrogen-bond acceptors (Lipinski definition) is 8. The van der Waals surface area contributed by atoms with Gasteiger partial charge in [0.25, 0.3) is 0 Å². The van der Waals surface area contributed by atoms with Gasteiger partial charge in [-0.1, -0.05) is 27.7 Å². The SMILES string of the molecule is CCC(C(=O)[O-])(C(F)(F)F)C(F)(F)F.CCC(C(=O)[O-])(C(F)(F)F)C(F)(F)F.CCC(C(=O)[O-])(C(F)(F)F)C(F)(F)F.CCC(C(=O)[O-])(C(F)(F)F)C(F)(F)F.CC[N+](CC)(CC)CC.CC[N+](CC)(CC)CC.CC[N+](CC)(CC)CC.CC[N+](CC)(CC)CC. The van der Waals surface area contributed by atoms with Crippen molar-refractivity contribution in [3.8, 4) is 0 Å². The molecule has 0 rings (SSSR count). The third-order valence-electron chi connectivity index (χ3n) is 18.1. The van der Waals surface area contributed by atoms with Crippen LogP contribution in [0.15, 0.2) is 0 Å². The van der Waals surface area contributed by atoms with Crippen LogP contribution in [0.25, 0.3) is 0 Å². The molecule has 0 radical (unpaired) electrons. The molecule has 0 aromatic heterocycles. The number of quaternary nitrogens is 4. The molecule has 0 heterocycles. The number of nitrogens with zero attached hydrogens (tertiary/aromatic N) is 4. The van der Waals surface area contributed by atoms with Gasteiger partial charge in [0.2, 0.25) is 0 Å². The van der Waals surface area contributed by atoms with E-state index in [-0.39, 0.29) is 0 Å². The Balaban J connectivity index is -0.000000147. The highest BCUT2D eigenvalue weighted by Crippen LogP contribution is 2.55.